The molecule has 180 valence electrons. The molecule has 0 bridgehead atoms. The molecule has 0 unspecified atom stereocenters. The Morgan fingerprint density at radius 3 is 2.88 bits per heavy atom. The van der Waals surface area contributed by atoms with E-state index >= 15 is 0 Å². The van der Waals surface area contributed by atoms with Gasteiger partial charge in [-0.1, -0.05) is 24.6 Å². The van der Waals surface area contributed by atoms with Crippen LogP contribution in [0.25, 0.3) is 10.9 Å². The molecule has 1 aromatic carbocycles. The second kappa shape index (κ2) is 10.4. The van der Waals surface area contributed by atoms with E-state index in [1.165, 1.54) is 13.5 Å². The first-order valence-electron chi connectivity index (χ1n) is 11.7. The van der Waals surface area contributed by atoms with E-state index in [0.717, 1.165) is 47.6 Å². The zero-order chi connectivity index (χ0) is 24.2. The number of hydrogen-bond acceptors (Lipinski definition) is 6. The third-order valence-electron chi connectivity index (χ3n) is 6.19. The highest BCUT2D eigenvalue weighted by atomic mass is 35.5. The lowest BCUT2D eigenvalue weighted by atomic mass is 10.0. The maximum atomic E-state index is 12.8. The highest BCUT2D eigenvalue weighted by molar-refractivity contribution is 6.31. The van der Waals surface area contributed by atoms with Crippen molar-refractivity contribution in [2.45, 2.75) is 39.7 Å². The van der Waals surface area contributed by atoms with Crippen LogP contribution in [0.2, 0.25) is 5.02 Å². The van der Waals surface area contributed by atoms with Gasteiger partial charge >= 0.3 is 0 Å². The number of benzene rings is 1. The summed E-state index contributed by atoms with van der Waals surface area (Å²) in [7, 11) is 1.53. The standard InChI is InChI=1S/C25H30ClN5O3/c1-4-31-21-8-7-17(10-18(21)12-22(24(31)33)34-15-23(32)27-3)11-20-19(26)13-28-25(29-20)30-9-5-6-16(2)14-30/h7-8,10,12-13,16H,4-6,9,11,14-15H2,1-3H3,(H,27,32)/t16-/m1/s1. The number of likely N-dealkylation sites (N-methyl/N-ethyl adjacent to an activating group) is 1. The Bertz CT molecular complexity index is 1260. The summed E-state index contributed by atoms with van der Waals surface area (Å²) in [6, 6.07) is 7.62. The Morgan fingerprint density at radius 1 is 1.32 bits per heavy atom. The van der Waals surface area contributed by atoms with Gasteiger partial charge in [-0.25, -0.2) is 9.97 Å². The van der Waals surface area contributed by atoms with E-state index in [9.17, 15) is 9.59 Å². The van der Waals surface area contributed by atoms with Gasteiger partial charge in [0.2, 0.25) is 5.95 Å². The Kier molecular flexibility index (Phi) is 7.36. The first-order chi connectivity index (χ1) is 16.4. The summed E-state index contributed by atoms with van der Waals surface area (Å²) in [5, 5.41) is 3.87. The molecule has 8 nitrogen and oxygen atoms in total. The van der Waals surface area contributed by atoms with Crippen molar-refractivity contribution in [3.05, 3.63) is 57.1 Å². The van der Waals surface area contributed by atoms with Gasteiger partial charge in [0, 0.05) is 38.5 Å². The Morgan fingerprint density at radius 2 is 2.15 bits per heavy atom. The lowest BCUT2D eigenvalue weighted by Gasteiger charge is -2.31. The zero-order valence-corrected chi connectivity index (χ0v) is 20.6. The minimum atomic E-state index is -0.298. The van der Waals surface area contributed by atoms with Crippen LogP contribution >= 0.6 is 11.6 Å². The van der Waals surface area contributed by atoms with Gasteiger partial charge in [-0.2, -0.15) is 0 Å². The fourth-order valence-corrected chi connectivity index (χ4v) is 4.54. The van der Waals surface area contributed by atoms with Gasteiger partial charge in [0.25, 0.3) is 11.5 Å². The summed E-state index contributed by atoms with van der Waals surface area (Å²) >= 11 is 6.46. The van der Waals surface area contributed by atoms with E-state index < -0.39 is 0 Å². The summed E-state index contributed by atoms with van der Waals surface area (Å²) in [5.41, 5.74) is 2.32. The SMILES string of the molecule is CCn1c(=O)c(OCC(=O)NC)cc2cc(Cc3nc(N4CCC[C@@H](C)C4)ncc3Cl)ccc21. The van der Waals surface area contributed by atoms with Crippen molar-refractivity contribution in [2.75, 3.05) is 31.6 Å². The number of aromatic nitrogens is 3. The van der Waals surface area contributed by atoms with E-state index in [2.05, 4.69) is 22.1 Å². The number of aryl methyl sites for hydroxylation is 1. The van der Waals surface area contributed by atoms with Crippen LogP contribution in [-0.2, 0) is 17.8 Å². The molecule has 34 heavy (non-hydrogen) atoms. The number of nitrogens with zero attached hydrogens (tertiary/aromatic N) is 4. The summed E-state index contributed by atoms with van der Waals surface area (Å²) in [4.78, 5) is 35.9. The molecule has 0 aliphatic carbocycles. The van der Waals surface area contributed by atoms with Crippen LogP contribution in [0.1, 0.15) is 37.9 Å². The summed E-state index contributed by atoms with van der Waals surface area (Å²) in [6.45, 7) is 6.33. The molecule has 4 rings (SSSR count). The molecule has 1 atom stereocenters. The van der Waals surface area contributed by atoms with Crippen LogP contribution in [0.4, 0.5) is 5.95 Å². The van der Waals surface area contributed by atoms with Gasteiger partial charge in [0.1, 0.15) is 0 Å². The second-order valence-electron chi connectivity index (χ2n) is 8.75. The predicted octanol–water partition coefficient (Wildman–Crippen LogP) is 3.42. The van der Waals surface area contributed by atoms with Crippen LogP contribution in [0.3, 0.4) is 0 Å². The van der Waals surface area contributed by atoms with Crippen LogP contribution in [0.5, 0.6) is 5.75 Å². The molecule has 0 spiro atoms. The molecule has 1 aliphatic heterocycles. The lowest BCUT2D eigenvalue weighted by Crippen LogP contribution is -2.35. The minimum absolute atomic E-state index is 0.150. The van der Waals surface area contributed by atoms with Crippen molar-refractivity contribution in [1.82, 2.24) is 19.9 Å². The van der Waals surface area contributed by atoms with Crippen LogP contribution in [0, 0.1) is 5.92 Å². The number of amides is 1. The zero-order valence-electron chi connectivity index (χ0n) is 19.8. The normalized spacial score (nSPS) is 16.0. The number of nitrogens with one attached hydrogen (secondary N) is 1. The topological polar surface area (TPSA) is 89.3 Å². The fraction of sp³-hybridized carbons (Fsp3) is 0.440. The predicted molar refractivity (Wildman–Crippen MR) is 134 cm³/mol. The Balaban J connectivity index is 1.65. The van der Waals surface area contributed by atoms with Crippen LogP contribution in [-0.4, -0.2) is 47.2 Å². The smallest absolute Gasteiger partial charge is 0.293 e. The Labute approximate surface area is 203 Å². The summed E-state index contributed by atoms with van der Waals surface area (Å²) in [6.07, 6.45) is 4.58. The van der Waals surface area contributed by atoms with Crippen molar-refractivity contribution in [2.24, 2.45) is 5.92 Å². The Hall–Kier alpha value is -3.13. The number of rotatable bonds is 7. The largest absolute Gasteiger partial charge is 0.478 e. The molecule has 1 fully saturated rings. The highest BCUT2D eigenvalue weighted by Gasteiger charge is 2.20. The highest BCUT2D eigenvalue weighted by Crippen LogP contribution is 2.25. The van der Waals surface area contributed by atoms with E-state index in [1.54, 1.807) is 16.8 Å². The minimum Gasteiger partial charge on any atom is -0.478 e. The number of ether oxygens (including phenoxy) is 1. The average molecular weight is 484 g/mol. The molecule has 1 saturated heterocycles. The molecule has 3 heterocycles. The number of fused-ring (bicyclic) bond motifs is 1. The molecule has 1 N–H and O–H groups in total. The van der Waals surface area contributed by atoms with E-state index in [0.29, 0.717) is 23.9 Å². The number of halogens is 1. The number of carbonyl (C=O) groups is 1. The van der Waals surface area contributed by atoms with E-state index in [-0.39, 0.29) is 23.8 Å². The molecule has 3 aromatic rings. The molecular formula is C25H30ClN5O3. The molecule has 2 aromatic heterocycles. The van der Waals surface area contributed by atoms with Crippen LogP contribution in [0.15, 0.2) is 35.3 Å². The molecule has 9 heteroatoms. The second-order valence-corrected chi connectivity index (χ2v) is 9.16. The average Bonchev–Trinajstić information content (AvgIpc) is 2.84. The van der Waals surface area contributed by atoms with Gasteiger partial charge < -0.3 is 19.5 Å². The van der Waals surface area contributed by atoms with Crippen molar-refractivity contribution >= 4 is 34.4 Å². The van der Waals surface area contributed by atoms with Gasteiger partial charge in [-0.05, 0) is 49.4 Å². The third kappa shape index (κ3) is 5.17. The number of hydrogen-bond donors (Lipinski definition) is 1. The molecule has 0 radical (unpaired) electrons. The van der Waals surface area contributed by atoms with Crippen LogP contribution < -0.4 is 20.5 Å². The maximum Gasteiger partial charge on any atom is 0.293 e. The third-order valence-corrected chi connectivity index (χ3v) is 6.51. The maximum absolute atomic E-state index is 12.8. The molecule has 0 saturated carbocycles. The first-order valence-corrected chi connectivity index (χ1v) is 12.0. The molecule has 1 aliphatic rings. The quantitative estimate of drug-likeness (QED) is 0.554. The van der Waals surface area contributed by atoms with Crippen molar-refractivity contribution in [3.8, 4) is 5.75 Å². The van der Waals surface area contributed by atoms with E-state index in [1.807, 2.05) is 25.1 Å². The van der Waals surface area contributed by atoms with Gasteiger partial charge in [0.05, 0.1) is 22.4 Å². The number of anilines is 1. The van der Waals surface area contributed by atoms with Gasteiger partial charge in [-0.15, -0.1) is 0 Å². The van der Waals surface area contributed by atoms with Crippen molar-refractivity contribution < 1.29 is 9.53 Å². The summed E-state index contributed by atoms with van der Waals surface area (Å²) in [5.74, 6) is 1.19. The fourth-order valence-electron chi connectivity index (χ4n) is 4.39. The number of pyridine rings is 1. The van der Waals surface area contributed by atoms with Gasteiger partial charge in [-0.3, -0.25) is 9.59 Å². The van der Waals surface area contributed by atoms with Gasteiger partial charge in [0.15, 0.2) is 12.4 Å². The molecular weight excluding hydrogens is 454 g/mol. The summed E-state index contributed by atoms with van der Waals surface area (Å²) < 4.78 is 7.16. The number of piperidine rings is 1. The lowest BCUT2D eigenvalue weighted by molar-refractivity contribution is -0.122. The van der Waals surface area contributed by atoms with Crippen molar-refractivity contribution in [3.63, 3.8) is 0 Å². The molecule has 1 amide bonds. The monoisotopic (exact) mass is 483 g/mol. The van der Waals surface area contributed by atoms with E-state index in [4.69, 9.17) is 21.3 Å². The van der Waals surface area contributed by atoms with Crippen molar-refractivity contribution in [1.29, 1.82) is 0 Å². The first kappa shape index (κ1) is 24.0. The number of carbonyl (C=O) groups excluding carboxylic acids is 1.